The van der Waals surface area contributed by atoms with Gasteiger partial charge in [-0.25, -0.2) is 12.8 Å². The van der Waals surface area contributed by atoms with Gasteiger partial charge in [-0.3, -0.25) is 0 Å². The van der Waals surface area contributed by atoms with Gasteiger partial charge in [-0.15, -0.1) is 0 Å². The molecule has 2 aromatic rings. The van der Waals surface area contributed by atoms with E-state index >= 15 is 0 Å². The van der Waals surface area contributed by atoms with E-state index in [0.717, 1.165) is 12.1 Å². The summed E-state index contributed by atoms with van der Waals surface area (Å²) in [5.41, 5.74) is 1.26. The number of nitrogens with zero attached hydrogens (tertiary/aromatic N) is 4. The van der Waals surface area contributed by atoms with Gasteiger partial charge in [0.1, 0.15) is 18.0 Å². The Balaban J connectivity index is 1.83. The summed E-state index contributed by atoms with van der Waals surface area (Å²) >= 11 is 5.70. The number of hydrogen-bond acceptors (Lipinski definition) is 5. The number of piperazine rings is 1. The second-order valence-electron chi connectivity index (χ2n) is 5.89. The van der Waals surface area contributed by atoms with E-state index in [2.05, 4.69) is 12.1 Å². The Morgan fingerprint density at radius 3 is 2.11 bits per heavy atom. The minimum Gasteiger partial charge on any atom is -0.367 e. The molecule has 1 aliphatic rings. The summed E-state index contributed by atoms with van der Waals surface area (Å²) in [4.78, 5) is 1.76. The van der Waals surface area contributed by atoms with Crippen molar-refractivity contribution >= 4 is 27.3 Å². The van der Waals surface area contributed by atoms with Crippen LogP contribution in [0.4, 0.5) is 10.1 Å². The van der Waals surface area contributed by atoms with Crippen molar-refractivity contribution in [1.29, 1.82) is 10.5 Å². The molecule has 0 N–H and O–H groups in total. The standard InChI is InChI=1S/C18H14ClFN4O2S/c19-16-10-15(4-5-17(16)20)27(25,26)24-8-6-23(7-9-24)18-13(11-21)2-1-3-14(18)12-22/h1-5,10H,6-9H2. The van der Waals surface area contributed by atoms with Crippen LogP contribution in [0.1, 0.15) is 11.1 Å². The molecule has 0 aliphatic carbocycles. The number of anilines is 1. The Kier molecular flexibility index (Phi) is 5.33. The number of rotatable bonds is 3. The predicted octanol–water partition coefficient (Wildman–Crippen LogP) is 2.73. The lowest BCUT2D eigenvalue weighted by Crippen LogP contribution is -2.49. The molecule has 0 saturated carbocycles. The molecule has 0 atom stereocenters. The molecule has 1 fully saturated rings. The second kappa shape index (κ2) is 7.53. The van der Waals surface area contributed by atoms with Gasteiger partial charge in [-0.1, -0.05) is 17.7 Å². The summed E-state index contributed by atoms with van der Waals surface area (Å²) in [5.74, 6) is -0.683. The lowest BCUT2D eigenvalue weighted by molar-refractivity contribution is 0.384. The minimum atomic E-state index is -3.81. The zero-order chi connectivity index (χ0) is 19.6. The Bertz CT molecular complexity index is 1040. The highest BCUT2D eigenvalue weighted by Gasteiger charge is 2.30. The van der Waals surface area contributed by atoms with Crippen molar-refractivity contribution in [1.82, 2.24) is 4.31 Å². The first-order valence-electron chi connectivity index (χ1n) is 8.02. The maximum absolute atomic E-state index is 13.3. The molecule has 0 radical (unpaired) electrons. The van der Waals surface area contributed by atoms with Crippen molar-refractivity contribution in [2.75, 3.05) is 31.1 Å². The molecule has 0 unspecified atom stereocenters. The van der Waals surface area contributed by atoms with Crippen LogP contribution in [0.5, 0.6) is 0 Å². The zero-order valence-corrected chi connectivity index (χ0v) is 15.6. The Morgan fingerprint density at radius 2 is 1.59 bits per heavy atom. The quantitative estimate of drug-likeness (QED) is 0.784. The Hall–Kier alpha value is -2.65. The highest BCUT2D eigenvalue weighted by atomic mass is 35.5. The maximum atomic E-state index is 13.3. The molecule has 1 saturated heterocycles. The fourth-order valence-electron chi connectivity index (χ4n) is 3.00. The number of benzene rings is 2. The molecule has 2 aromatic carbocycles. The van der Waals surface area contributed by atoms with Gasteiger partial charge in [0.15, 0.2) is 0 Å². The van der Waals surface area contributed by atoms with E-state index in [1.165, 1.54) is 10.4 Å². The lowest BCUT2D eigenvalue weighted by Gasteiger charge is -2.36. The monoisotopic (exact) mass is 404 g/mol. The molecule has 0 spiro atoms. The van der Waals surface area contributed by atoms with Gasteiger partial charge in [-0.2, -0.15) is 14.8 Å². The summed E-state index contributed by atoms with van der Waals surface area (Å²) in [6, 6.07) is 12.3. The number of sulfonamides is 1. The molecule has 1 aliphatic heterocycles. The molecule has 27 heavy (non-hydrogen) atoms. The first kappa shape index (κ1) is 19.1. The van der Waals surface area contributed by atoms with Gasteiger partial charge in [-0.05, 0) is 30.3 Å². The van der Waals surface area contributed by atoms with Crippen LogP contribution in [0.2, 0.25) is 5.02 Å². The average molecular weight is 405 g/mol. The van der Waals surface area contributed by atoms with Gasteiger partial charge >= 0.3 is 0 Å². The van der Waals surface area contributed by atoms with Crippen molar-refractivity contribution in [3.05, 3.63) is 58.4 Å². The fraction of sp³-hybridized carbons (Fsp3) is 0.222. The van der Waals surface area contributed by atoms with Crippen molar-refractivity contribution < 1.29 is 12.8 Å². The predicted molar refractivity (Wildman–Crippen MR) is 98.3 cm³/mol. The third kappa shape index (κ3) is 3.60. The van der Waals surface area contributed by atoms with Gasteiger partial charge < -0.3 is 4.90 Å². The van der Waals surface area contributed by atoms with E-state index < -0.39 is 15.8 Å². The molecular formula is C18H14ClFN4O2S. The first-order valence-corrected chi connectivity index (χ1v) is 9.83. The Morgan fingerprint density at radius 1 is 1.00 bits per heavy atom. The van der Waals surface area contributed by atoms with Crippen LogP contribution in [0.15, 0.2) is 41.3 Å². The second-order valence-corrected chi connectivity index (χ2v) is 8.24. The third-order valence-electron chi connectivity index (χ3n) is 4.36. The molecule has 0 amide bonds. The molecule has 0 bridgehead atoms. The molecule has 1 heterocycles. The van der Waals surface area contributed by atoms with E-state index in [0.29, 0.717) is 29.9 Å². The molecule has 9 heteroatoms. The van der Waals surface area contributed by atoms with Gasteiger partial charge in [0, 0.05) is 26.2 Å². The summed E-state index contributed by atoms with van der Waals surface area (Å²) < 4.78 is 40.1. The SMILES string of the molecule is N#Cc1cccc(C#N)c1N1CCN(S(=O)(=O)c2ccc(F)c(Cl)c2)CC1. The zero-order valence-electron chi connectivity index (χ0n) is 14.1. The van der Waals surface area contributed by atoms with Crippen LogP contribution in [0.25, 0.3) is 0 Å². The normalized spacial score (nSPS) is 15.2. The number of hydrogen-bond donors (Lipinski definition) is 0. The minimum absolute atomic E-state index is 0.0718. The van der Waals surface area contributed by atoms with Gasteiger partial charge in [0.05, 0.1) is 26.7 Å². The molecular weight excluding hydrogens is 391 g/mol. The van der Waals surface area contributed by atoms with E-state index in [4.69, 9.17) is 11.6 Å². The van der Waals surface area contributed by atoms with Crippen LogP contribution in [-0.2, 0) is 10.0 Å². The molecule has 3 rings (SSSR count). The van der Waals surface area contributed by atoms with E-state index in [1.807, 2.05) is 4.90 Å². The maximum Gasteiger partial charge on any atom is 0.243 e. The molecule has 0 aromatic heterocycles. The van der Waals surface area contributed by atoms with Crippen LogP contribution in [0.3, 0.4) is 0 Å². The first-order chi connectivity index (χ1) is 12.9. The highest BCUT2D eigenvalue weighted by Crippen LogP contribution is 2.28. The Labute approximate surface area is 161 Å². The average Bonchev–Trinajstić information content (AvgIpc) is 2.69. The third-order valence-corrected chi connectivity index (χ3v) is 6.54. The van der Waals surface area contributed by atoms with Crippen molar-refractivity contribution in [3.63, 3.8) is 0 Å². The summed E-state index contributed by atoms with van der Waals surface area (Å²) in [6.07, 6.45) is 0. The molecule has 138 valence electrons. The van der Waals surface area contributed by atoms with Crippen molar-refractivity contribution in [2.45, 2.75) is 4.90 Å². The van der Waals surface area contributed by atoms with Crippen LogP contribution in [-0.4, -0.2) is 38.9 Å². The lowest BCUT2D eigenvalue weighted by atomic mass is 10.1. The topological polar surface area (TPSA) is 88.2 Å². The smallest absolute Gasteiger partial charge is 0.243 e. The van der Waals surface area contributed by atoms with Crippen LogP contribution in [0, 0.1) is 28.5 Å². The number of halogens is 2. The van der Waals surface area contributed by atoms with E-state index in [-0.39, 0.29) is 23.0 Å². The van der Waals surface area contributed by atoms with Crippen molar-refractivity contribution in [3.8, 4) is 12.1 Å². The molecule has 6 nitrogen and oxygen atoms in total. The van der Waals surface area contributed by atoms with Crippen molar-refractivity contribution in [2.24, 2.45) is 0 Å². The van der Waals surface area contributed by atoms with Gasteiger partial charge in [0.25, 0.3) is 0 Å². The summed E-state index contributed by atoms with van der Waals surface area (Å²) in [5, 5.41) is 18.4. The van der Waals surface area contributed by atoms with Crippen LogP contribution >= 0.6 is 11.6 Å². The number of para-hydroxylation sites is 1. The van der Waals surface area contributed by atoms with Gasteiger partial charge in [0.2, 0.25) is 10.0 Å². The largest absolute Gasteiger partial charge is 0.367 e. The van der Waals surface area contributed by atoms with Crippen LogP contribution < -0.4 is 4.90 Å². The summed E-state index contributed by atoms with van der Waals surface area (Å²) in [7, 11) is -3.81. The highest BCUT2D eigenvalue weighted by molar-refractivity contribution is 7.89. The van der Waals surface area contributed by atoms with E-state index in [1.54, 1.807) is 18.2 Å². The van der Waals surface area contributed by atoms with E-state index in [9.17, 15) is 23.3 Å². The summed E-state index contributed by atoms with van der Waals surface area (Å²) in [6.45, 7) is 0.979. The fourth-order valence-corrected chi connectivity index (χ4v) is 4.70. The number of nitriles is 2.